The van der Waals surface area contributed by atoms with Crippen molar-refractivity contribution >= 4 is 22.4 Å². The highest BCUT2D eigenvalue weighted by Crippen LogP contribution is 2.23. The molecule has 1 aliphatic heterocycles. The summed E-state index contributed by atoms with van der Waals surface area (Å²) in [7, 11) is 0. The highest BCUT2D eigenvalue weighted by molar-refractivity contribution is 7.13. The molecule has 3 rings (SSSR count). The molecule has 0 bridgehead atoms. The van der Waals surface area contributed by atoms with Crippen LogP contribution in [0, 0.1) is 5.41 Å². The predicted molar refractivity (Wildman–Crippen MR) is 99.1 cm³/mol. The smallest absolute Gasteiger partial charge is 0.226 e. The summed E-state index contributed by atoms with van der Waals surface area (Å²) < 4.78 is 0. The summed E-state index contributed by atoms with van der Waals surface area (Å²) in [4.78, 5) is 19.0. The third-order valence-electron chi connectivity index (χ3n) is 4.08. The van der Waals surface area contributed by atoms with Crippen molar-refractivity contribution < 1.29 is 4.79 Å². The second-order valence-electron chi connectivity index (χ2n) is 7.66. The Bertz CT molecular complexity index is 717. The Kier molecular flexibility index (Phi) is 5.01. The molecule has 0 atom stereocenters. The minimum Gasteiger partial charge on any atom is -0.302 e. The third kappa shape index (κ3) is 4.65. The zero-order valence-electron chi connectivity index (χ0n) is 14.6. The Labute approximate surface area is 147 Å². The van der Waals surface area contributed by atoms with Gasteiger partial charge in [0.25, 0.3) is 0 Å². The van der Waals surface area contributed by atoms with E-state index in [1.807, 2.05) is 5.38 Å². The van der Waals surface area contributed by atoms with E-state index in [9.17, 15) is 4.79 Å². The van der Waals surface area contributed by atoms with Crippen molar-refractivity contribution in [1.82, 2.24) is 9.88 Å². The van der Waals surface area contributed by atoms with E-state index in [1.54, 1.807) is 0 Å². The molecule has 0 unspecified atom stereocenters. The highest BCUT2D eigenvalue weighted by atomic mass is 32.1. The van der Waals surface area contributed by atoms with Crippen molar-refractivity contribution in [3.63, 3.8) is 0 Å². The van der Waals surface area contributed by atoms with Crippen LogP contribution in [0.4, 0.5) is 5.13 Å². The van der Waals surface area contributed by atoms with Gasteiger partial charge in [0.1, 0.15) is 0 Å². The molecule has 0 saturated carbocycles. The molecule has 24 heavy (non-hydrogen) atoms. The van der Waals surface area contributed by atoms with Crippen LogP contribution in [0.3, 0.4) is 0 Å². The molecule has 0 aliphatic carbocycles. The first-order chi connectivity index (χ1) is 11.4. The molecular weight excluding hydrogens is 318 g/mol. The lowest BCUT2D eigenvalue weighted by Gasteiger charge is -2.27. The van der Waals surface area contributed by atoms with E-state index >= 15 is 0 Å². The first-order valence-electron chi connectivity index (χ1n) is 8.42. The second kappa shape index (κ2) is 7.03. The average molecular weight is 343 g/mol. The molecular formula is C19H25N3OS. The fourth-order valence-electron chi connectivity index (χ4n) is 3.00. The Hall–Kier alpha value is -1.72. The van der Waals surface area contributed by atoms with Gasteiger partial charge in [0.15, 0.2) is 5.13 Å². The van der Waals surface area contributed by atoms with Gasteiger partial charge in [-0.1, -0.05) is 45.0 Å². The van der Waals surface area contributed by atoms with Gasteiger partial charge in [-0.05, 0) is 23.0 Å². The van der Waals surface area contributed by atoms with Crippen LogP contribution in [-0.4, -0.2) is 22.3 Å². The zero-order valence-corrected chi connectivity index (χ0v) is 15.4. The van der Waals surface area contributed by atoms with Crippen LogP contribution in [0.25, 0.3) is 0 Å². The number of aromatic nitrogens is 1. The first kappa shape index (κ1) is 17.1. The van der Waals surface area contributed by atoms with Gasteiger partial charge in [0, 0.05) is 31.4 Å². The molecule has 2 heterocycles. The first-order valence-corrected chi connectivity index (χ1v) is 9.30. The molecule has 0 saturated heterocycles. The summed E-state index contributed by atoms with van der Waals surface area (Å²) in [5.41, 5.74) is 3.90. The summed E-state index contributed by atoms with van der Waals surface area (Å²) >= 11 is 1.51. The number of anilines is 1. The Morgan fingerprint density at radius 2 is 2.04 bits per heavy atom. The maximum atomic E-state index is 12.0. The normalized spacial score (nSPS) is 15.1. The Morgan fingerprint density at radius 1 is 1.29 bits per heavy atom. The van der Waals surface area contributed by atoms with Gasteiger partial charge < -0.3 is 5.32 Å². The monoisotopic (exact) mass is 343 g/mol. The van der Waals surface area contributed by atoms with Gasteiger partial charge in [-0.2, -0.15) is 0 Å². The molecule has 1 amide bonds. The lowest BCUT2D eigenvalue weighted by molar-refractivity contribution is -0.117. The fraction of sp³-hybridized carbons (Fsp3) is 0.474. The van der Waals surface area contributed by atoms with E-state index in [2.05, 4.69) is 60.2 Å². The molecule has 1 N–H and O–H groups in total. The van der Waals surface area contributed by atoms with Gasteiger partial charge in [0.2, 0.25) is 5.91 Å². The van der Waals surface area contributed by atoms with Crippen LogP contribution < -0.4 is 5.32 Å². The standard InChI is InChI=1S/C19H25N3OS/c1-19(2,3)10-17(23)21-18-20-16(13-24-18)12-22-9-8-14-6-4-5-7-15(14)11-22/h4-7,13H,8-12H2,1-3H3,(H,20,21,23). The van der Waals surface area contributed by atoms with Gasteiger partial charge in [-0.15, -0.1) is 11.3 Å². The molecule has 1 aromatic carbocycles. The van der Waals surface area contributed by atoms with Gasteiger partial charge >= 0.3 is 0 Å². The summed E-state index contributed by atoms with van der Waals surface area (Å²) in [6, 6.07) is 8.65. The van der Waals surface area contributed by atoms with Crippen molar-refractivity contribution in [2.24, 2.45) is 5.41 Å². The molecule has 1 aromatic heterocycles. The highest BCUT2D eigenvalue weighted by Gasteiger charge is 2.19. The van der Waals surface area contributed by atoms with Gasteiger partial charge in [-0.25, -0.2) is 4.98 Å². The van der Waals surface area contributed by atoms with E-state index in [0.717, 1.165) is 31.7 Å². The van der Waals surface area contributed by atoms with Crippen LogP contribution in [0.15, 0.2) is 29.6 Å². The van der Waals surface area contributed by atoms with Crippen LogP contribution >= 0.6 is 11.3 Å². The molecule has 128 valence electrons. The number of carbonyl (C=O) groups is 1. The minimum absolute atomic E-state index is 0.00857. The molecule has 0 radical (unpaired) electrons. The zero-order chi connectivity index (χ0) is 17.2. The SMILES string of the molecule is CC(C)(C)CC(=O)Nc1nc(CN2CCc3ccccc3C2)cs1. The number of amides is 1. The minimum atomic E-state index is -0.00857. The molecule has 0 spiro atoms. The Balaban J connectivity index is 1.56. The van der Waals surface area contributed by atoms with Crippen molar-refractivity contribution in [2.45, 2.75) is 46.7 Å². The van der Waals surface area contributed by atoms with Gasteiger partial charge in [0.05, 0.1) is 5.69 Å². The van der Waals surface area contributed by atoms with E-state index < -0.39 is 0 Å². The van der Waals surface area contributed by atoms with Crippen molar-refractivity contribution in [1.29, 1.82) is 0 Å². The van der Waals surface area contributed by atoms with Crippen LogP contribution in [0.5, 0.6) is 0 Å². The largest absolute Gasteiger partial charge is 0.302 e. The summed E-state index contributed by atoms with van der Waals surface area (Å²) in [6.07, 6.45) is 1.60. The molecule has 2 aromatic rings. The summed E-state index contributed by atoms with van der Waals surface area (Å²) in [6.45, 7) is 9.05. The number of rotatable bonds is 4. The van der Waals surface area contributed by atoms with Gasteiger partial charge in [-0.3, -0.25) is 9.69 Å². The molecule has 4 nitrogen and oxygen atoms in total. The average Bonchev–Trinajstić information content (AvgIpc) is 2.92. The lowest BCUT2D eigenvalue weighted by atomic mass is 9.92. The topological polar surface area (TPSA) is 45.2 Å². The van der Waals surface area contributed by atoms with Crippen LogP contribution in [-0.2, 0) is 24.3 Å². The van der Waals surface area contributed by atoms with Crippen molar-refractivity contribution in [2.75, 3.05) is 11.9 Å². The predicted octanol–water partition coefficient (Wildman–Crippen LogP) is 4.08. The van der Waals surface area contributed by atoms with Crippen molar-refractivity contribution in [3.05, 3.63) is 46.5 Å². The number of hydrogen-bond acceptors (Lipinski definition) is 4. The summed E-state index contributed by atoms with van der Waals surface area (Å²) in [5.74, 6) is 0.0373. The molecule has 1 aliphatic rings. The molecule has 0 fully saturated rings. The van der Waals surface area contributed by atoms with Crippen LogP contribution in [0.1, 0.15) is 44.0 Å². The molecule has 5 heteroatoms. The Morgan fingerprint density at radius 3 is 2.79 bits per heavy atom. The maximum Gasteiger partial charge on any atom is 0.226 e. The third-order valence-corrected chi connectivity index (χ3v) is 4.89. The second-order valence-corrected chi connectivity index (χ2v) is 8.52. The number of thiazole rings is 1. The van der Waals surface area contributed by atoms with Crippen LogP contribution in [0.2, 0.25) is 0 Å². The van der Waals surface area contributed by atoms with E-state index in [-0.39, 0.29) is 11.3 Å². The number of hydrogen-bond donors (Lipinski definition) is 1. The number of nitrogens with one attached hydrogen (secondary N) is 1. The van der Waals surface area contributed by atoms with E-state index in [4.69, 9.17) is 0 Å². The number of carbonyl (C=O) groups excluding carboxylic acids is 1. The number of benzene rings is 1. The van der Waals surface area contributed by atoms with Crippen molar-refractivity contribution in [3.8, 4) is 0 Å². The van der Waals surface area contributed by atoms with E-state index in [1.165, 1.54) is 22.5 Å². The quantitative estimate of drug-likeness (QED) is 0.910. The maximum absolute atomic E-state index is 12.0. The fourth-order valence-corrected chi connectivity index (χ4v) is 3.72. The lowest BCUT2D eigenvalue weighted by Crippen LogP contribution is -2.30. The van der Waals surface area contributed by atoms with E-state index in [0.29, 0.717) is 11.6 Å². The number of fused-ring (bicyclic) bond motifs is 1. The number of nitrogens with zero attached hydrogens (tertiary/aromatic N) is 2. The summed E-state index contributed by atoms with van der Waals surface area (Å²) in [5, 5.41) is 5.68.